The Kier molecular flexibility index (Phi) is 2.82. The van der Waals surface area contributed by atoms with Crippen molar-refractivity contribution in [2.75, 3.05) is 18.0 Å². The lowest BCUT2D eigenvalue weighted by molar-refractivity contribution is 0.101. The number of hydrogen-bond acceptors (Lipinski definition) is 3. The van der Waals surface area contributed by atoms with E-state index in [0.717, 1.165) is 18.8 Å². The summed E-state index contributed by atoms with van der Waals surface area (Å²) < 4.78 is 0. The smallest absolute Gasteiger partial charge is 0.159 e. The molecule has 2 aliphatic rings. The molecule has 1 aliphatic heterocycles. The van der Waals surface area contributed by atoms with Gasteiger partial charge in [0.25, 0.3) is 0 Å². The number of carbonyl (C=O) groups excluding carboxylic acids is 1. The molecule has 0 N–H and O–H groups in total. The van der Waals surface area contributed by atoms with Crippen LogP contribution in [0.4, 0.5) is 5.69 Å². The summed E-state index contributed by atoms with van der Waals surface area (Å²) in [6, 6.07) is 7.67. The number of Topliss-reactive ketones (excluding diaryl/α,β-unsaturated/α-hetero) is 1. The van der Waals surface area contributed by atoms with Crippen molar-refractivity contribution in [1.29, 1.82) is 5.26 Å². The molecule has 3 rings (SSSR count). The van der Waals surface area contributed by atoms with Gasteiger partial charge in [-0.3, -0.25) is 4.79 Å². The molecule has 0 amide bonds. The van der Waals surface area contributed by atoms with Gasteiger partial charge in [0.05, 0.1) is 11.3 Å². The van der Waals surface area contributed by atoms with Crippen LogP contribution in [0.5, 0.6) is 0 Å². The van der Waals surface area contributed by atoms with Crippen LogP contribution in [0.1, 0.15) is 48.5 Å². The summed E-state index contributed by atoms with van der Waals surface area (Å²) in [6.45, 7) is 3.62. The number of ketones is 1. The fourth-order valence-electron chi connectivity index (χ4n) is 3.11. The van der Waals surface area contributed by atoms with E-state index in [9.17, 15) is 10.1 Å². The molecular weight excluding hydrogens is 236 g/mol. The number of nitrogens with zero attached hydrogens (tertiary/aromatic N) is 2. The van der Waals surface area contributed by atoms with Gasteiger partial charge in [0, 0.05) is 18.7 Å². The summed E-state index contributed by atoms with van der Waals surface area (Å²) in [5.41, 5.74) is 2.84. The van der Waals surface area contributed by atoms with E-state index in [4.69, 9.17) is 0 Å². The Morgan fingerprint density at radius 3 is 2.79 bits per heavy atom. The highest BCUT2D eigenvalue weighted by atomic mass is 16.1. The first-order chi connectivity index (χ1) is 9.13. The predicted molar refractivity (Wildman–Crippen MR) is 74.3 cm³/mol. The molecule has 3 heteroatoms. The Morgan fingerprint density at radius 1 is 1.37 bits per heavy atom. The van der Waals surface area contributed by atoms with Crippen molar-refractivity contribution in [3.05, 3.63) is 29.3 Å². The van der Waals surface area contributed by atoms with Crippen molar-refractivity contribution in [2.24, 2.45) is 5.41 Å². The molecule has 0 aromatic heterocycles. The van der Waals surface area contributed by atoms with Gasteiger partial charge in [-0.15, -0.1) is 0 Å². The zero-order valence-corrected chi connectivity index (χ0v) is 11.3. The van der Waals surface area contributed by atoms with E-state index in [1.54, 1.807) is 19.1 Å². The molecule has 1 heterocycles. The molecule has 19 heavy (non-hydrogen) atoms. The number of carbonyl (C=O) groups is 1. The highest BCUT2D eigenvalue weighted by molar-refractivity contribution is 5.95. The third kappa shape index (κ3) is 2.23. The van der Waals surface area contributed by atoms with Crippen molar-refractivity contribution < 1.29 is 4.79 Å². The van der Waals surface area contributed by atoms with E-state index in [1.807, 2.05) is 6.07 Å². The summed E-state index contributed by atoms with van der Waals surface area (Å²) in [4.78, 5) is 13.8. The first-order valence-electron chi connectivity index (χ1n) is 6.94. The number of nitriles is 1. The van der Waals surface area contributed by atoms with Gasteiger partial charge >= 0.3 is 0 Å². The quantitative estimate of drug-likeness (QED) is 0.761. The van der Waals surface area contributed by atoms with E-state index in [1.165, 1.54) is 25.7 Å². The summed E-state index contributed by atoms with van der Waals surface area (Å²) in [5, 5.41) is 9.26. The third-order valence-electron chi connectivity index (χ3n) is 4.48. The first kappa shape index (κ1) is 12.2. The van der Waals surface area contributed by atoms with Gasteiger partial charge in [0.1, 0.15) is 6.07 Å². The lowest BCUT2D eigenvalue weighted by Gasteiger charge is -2.35. The molecular formula is C16H18N2O. The molecule has 1 saturated carbocycles. The Hall–Kier alpha value is -1.82. The van der Waals surface area contributed by atoms with Crippen LogP contribution >= 0.6 is 0 Å². The maximum atomic E-state index is 11.5. The summed E-state index contributed by atoms with van der Waals surface area (Å²) >= 11 is 0. The van der Waals surface area contributed by atoms with Gasteiger partial charge in [-0.25, -0.2) is 0 Å². The van der Waals surface area contributed by atoms with E-state index < -0.39 is 0 Å². The minimum Gasteiger partial charge on any atom is -0.370 e. The van der Waals surface area contributed by atoms with Crippen molar-refractivity contribution in [1.82, 2.24) is 0 Å². The van der Waals surface area contributed by atoms with Crippen molar-refractivity contribution in [3.63, 3.8) is 0 Å². The maximum Gasteiger partial charge on any atom is 0.159 e. The van der Waals surface area contributed by atoms with Crippen LogP contribution in [0, 0.1) is 16.7 Å². The molecule has 0 unspecified atom stereocenters. The Morgan fingerprint density at radius 2 is 2.16 bits per heavy atom. The number of hydrogen-bond donors (Lipinski definition) is 0. The second-order valence-corrected chi connectivity index (χ2v) is 5.93. The normalized spacial score (nSPS) is 20.1. The van der Waals surface area contributed by atoms with Crippen LogP contribution in [0.2, 0.25) is 0 Å². The number of piperidine rings is 1. The summed E-state index contributed by atoms with van der Waals surface area (Å²) in [7, 11) is 0. The molecule has 98 valence electrons. The van der Waals surface area contributed by atoms with E-state index in [2.05, 4.69) is 11.0 Å². The van der Waals surface area contributed by atoms with Crippen LogP contribution < -0.4 is 4.90 Å². The maximum absolute atomic E-state index is 11.5. The SMILES string of the molecule is CC(=O)c1ccc(C#N)c(N2CCCC3(CC3)C2)c1. The number of rotatable bonds is 2. The summed E-state index contributed by atoms with van der Waals surface area (Å²) in [5.74, 6) is 0.0592. The average Bonchev–Trinajstić information content (AvgIpc) is 3.17. The van der Waals surface area contributed by atoms with Crippen LogP contribution in [-0.4, -0.2) is 18.9 Å². The molecule has 3 nitrogen and oxygen atoms in total. The molecule has 1 aliphatic carbocycles. The number of anilines is 1. The Balaban J connectivity index is 1.95. The third-order valence-corrected chi connectivity index (χ3v) is 4.48. The highest BCUT2D eigenvalue weighted by Gasteiger charge is 2.45. The summed E-state index contributed by atoms with van der Waals surface area (Å²) in [6.07, 6.45) is 5.14. The Labute approximate surface area is 113 Å². The van der Waals surface area contributed by atoms with E-state index in [-0.39, 0.29) is 5.78 Å². The van der Waals surface area contributed by atoms with E-state index >= 15 is 0 Å². The topological polar surface area (TPSA) is 44.1 Å². The van der Waals surface area contributed by atoms with Gasteiger partial charge in [0.2, 0.25) is 0 Å². The minimum atomic E-state index is 0.0592. The minimum absolute atomic E-state index is 0.0592. The van der Waals surface area contributed by atoms with Crippen molar-refractivity contribution in [2.45, 2.75) is 32.6 Å². The molecule has 0 radical (unpaired) electrons. The molecule has 1 aromatic carbocycles. The second kappa shape index (κ2) is 4.38. The highest BCUT2D eigenvalue weighted by Crippen LogP contribution is 2.52. The predicted octanol–water partition coefficient (Wildman–Crippen LogP) is 3.14. The van der Waals surface area contributed by atoms with Gasteiger partial charge in [-0.1, -0.05) is 0 Å². The van der Waals surface area contributed by atoms with Crippen molar-refractivity contribution >= 4 is 11.5 Å². The van der Waals surface area contributed by atoms with Crippen LogP contribution in [0.25, 0.3) is 0 Å². The molecule has 0 atom stereocenters. The van der Waals surface area contributed by atoms with Crippen LogP contribution in [0.15, 0.2) is 18.2 Å². The molecule has 2 fully saturated rings. The largest absolute Gasteiger partial charge is 0.370 e. The standard InChI is InChI=1S/C16H18N2O/c1-12(19)13-3-4-14(10-17)15(9-13)18-8-2-5-16(11-18)6-7-16/h3-4,9H,2,5-8,11H2,1H3. The second-order valence-electron chi connectivity index (χ2n) is 5.93. The lowest BCUT2D eigenvalue weighted by Crippen LogP contribution is -2.37. The van der Waals surface area contributed by atoms with Crippen LogP contribution in [0.3, 0.4) is 0 Å². The molecule has 1 saturated heterocycles. The fourth-order valence-corrected chi connectivity index (χ4v) is 3.11. The molecule has 0 bridgehead atoms. The molecule has 1 spiro atoms. The zero-order valence-electron chi connectivity index (χ0n) is 11.3. The Bertz CT molecular complexity index is 567. The fraction of sp³-hybridized carbons (Fsp3) is 0.500. The van der Waals surface area contributed by atoms with Crippen molar-refractivity contribution in [3.8, 4) is 6.07 Å². The zero-order chi connectivity index (χ0) is 13.5. The monoisotopic (exact) mass is 254 g/mol. The van der Waals surface area contributed by atoms with E-state index in [0.29, 0.717) is 16.5 Å². The van der Waals surface area contributed by atoms with Crippen LogP contribution in [-0.2, 0) is 0 Å². The number of benzene rings is 1. The molecule has 1 aromatic rings. The van der Waals surface area contributed by atoms with Gasteiger partial charge in [0.15, 0.2) is 5.78 Å². The lowest BCUT2D eigenvalue weighted by atomic mass is 9.93. The van der Waals surface area contributed by atoms with Gasteiger partial charge in [-0.2, -0.15) is 5.26 Å². The first-order valence-corrected chi connectivity index (χ1v) is 6.94. The average molecular weight is 254 g/mol. The van der Waals surface area contributed by atoms with Gasteiger partial charge in [-0.05, 0) is 56.2 Å². The van der Waals surface area contributed by atoms with Gasteiger partial charge < -0.3 is 4.90 Å².